The molecule has 0 amide bonds. The molecule has 0 unspecified atom stereocenters. The van der Waals surface area contributed by atoms with E-state index >= 15 is 0 Å². The highest BCUT2D eigenvalue weighted by atomic mass is 16.6. The summed E-state index contributed by atoms with van der Waals surface area (Å²) in [6, 6.07) is 5.17. The molecule has 0 spiro atoms. The molecular formula is C13H15N3O2. The molecular weight excluding hydrogens is 230 g/mol. The lowest BCUT2D eigenvalue weighted by Crippen LogP contribution is -2.04. The van der Waals surface area contributed by atoms with Crippen molar-refractivity contribution in [3.8, 4) is 0 Å². The van der Waals surface area contributed by atoms with Gasteiger partial charge in [0.2, 0.25) is 0 Å². The molecule has 0 atom stereocenters. The number of rotatable bonds is 3. The van der Waals surface area contributed by atoms with Gasteiger partial charge >= 0.3 is 0 Å². The van der Waals surface area contributed by atoms with Gasteiger partial charge in [0, 0.05) is 23.9 Å². The van der Waals surface area contributed by atoms with Crippen molar-refractivity contribution in [1.82, 2.24) is 9.55 Å². The Kier molecular flexibility index (Phi) is 3.14. The Morgan fingerprint density at radius 2 is 2.06 bits per heavy atom. The zero-order valence-corrected chi connectivity index (χ0v) is 10.7. The lowest BCUT2D eigenvalue weighted by atomic mass is 10.1. The first-order valence-corrected chi connectivity index (χ1v) is 5.72. The predicted molar refractivity (Wildman–Crippen MR) is 68.6 cm³/mol. The second-order valence-corrected chi connectivity index (χ2v) is 4.36. The topological polar surface area (TPSA) is 61.0 Å². The van der Waals surface area contributed by atoms with Crippen molar-refractivity contribution in [1.29, 1.82) is 0 Å². The fraction of sp³-hybridized carbons (Fsp3) is 0.308. The highest BCUT2D eigenvalue weighted by molar-refractivity contribution is 5.44. The number of nitro benzene ring substituents is 1. The van der Waals surface area contributed by atoms with Gasteiger partial charge in [0.1, 0.15) is 0 Å². The van der Waals surface area contributed by atoms with Crippen molar-refractivity contribution in [2.45, 2.75) is 27.3 Å². The van der Waals surface area contributed by atoms with Crippen molar-refractivity contribution in [3.05, 3.63) is 57.2 Å². The molecule has 0 aliphatic rings. The maximum Gasteiger partial charge on any atom is 0.272 e. The smallest absolute Gasteiger partial charge is 0.272 e. The molecule has 0 saturated heterocycles. The van der Waals surface area contributed by atoms with E-state index in [0.29, 0.717) is 12.1 Å². The molecule has 2 rings (SSSR count). The molecule has 94 valence electrons. The molecule has 0 aliphatic carbocycles. The third-order valence-electron chi connectivity index (χ3n) is 3.30. The van der Waals surface area contributed by atoms with E-state index in [9.17, 15) is 10.1 Å². The zero-order chi connectivity index (χ0) is 13.3. The molecule has 1 aromatic carbocycles. The van der Waals surface area contributed by atoms with E-state index in [-0.39, 0.29) is 10.6 Å². The Morgan fingerprint density at radius 1 is 1.33 bits per heavy atom. The van der Waals surface area contributed by atoms with Gasteiger partial charge in [0.15, 0.2) is 0 Å². The number of hydrogen-bond donors (Lipinski definition) is 0. The maximum atomic E-state index is 10.9. The zero-order valence-electron chi connectivity index (χ0n) is 10.7. The number of hydrogen-bond acceptors (Lipinski definition) is 3. The summed E-state index contributed by atoms with van der Waals surface area (Å²) >= 11 is 0. The Balaban J connectivity index is 2.38. The highest BCUT2D eigenvalue weighted by Gasteiger charge is 2.13. The van der Waals surface area contributed by atoms with E-state index in [4.69, 9.17) is 0 Å². The first kappa shape index (κ1) is 12.3. The van der Waals surface area contributed by atoms with Crippen LogP contribution in [0.2, 0.25) is 0 Å². The summed E-state index contributed by atoms with van der Waals surface area (Å²) in [5, 5.41) is 10.9. The van der Waals surface area contributed by atoms with Crippen molar-refractivity contribution in [2.24, 2.45) is 0 Å². The van der Waals surface area contributed by atoms with Gasteiger partial charge in [-0.3, -0.25) is 10.1 Å². The third kappa shape index (κ3) is 2.11. The minimum absolute atomic E-state index is 0.169. The lowest BCUT2D eigenvalue weighted by Gasteiger charge is -2.09. The van der Waals surface area contributed by atoms with Crippen LogP contribution in [0.15, 0.2) is 24.5 Å². The average Bonchev–Trinajstić information content (AvgIpc) is 2.63. The summed E-state index contributed by atoms with van der Waals surface area (Å²) in [7, 11) is 0. The van der Waals surface area contributed by atoms with Crippen LogP contribution in [0.25, 0.3) is 0 Å². The third-order valence-corrected chi connectivity index (χ3v) is 3.30. The van der Waals surface area contributed by atoms with Crippen LogP contribution >= 0.6 is 0 Å². The van der Waals surface area contributed by atoms with Crippen LogP contribution in [0.3, 0.4) is 0 Å². The van der Waals surface area contributed by atoms with Crippen LogP contribution in [0.5, 0.6) is 0 Å². The molecule has 1 aromatic heterocycles. The van der Waals surface area contributed by atoms with Crippen LogP contribution in [-0.2, 0) is 6.54 Å². The second-order valence-electron chi connectivity index (χ2n) is 4.36. The van der Waals surface area contributed by atoms with Crippen molar-refractivity contribution in [2.75, 3.05) is 0 Å². The van der Waals surface area contributed by atoms with Crippen LogP contribution in [0, 0.1) is 30.9 Å². The van der Waals surface area contributed by atoms with E-state index in [2.05, 4.69) is 4.98 Å². The average molecular weight is 245 g/mol. The number of benzene rings is 1. The van der Waals surface area contributed by atoms with Crippen molar-refractivity contribution < 1.29 is 4.92 Å². The van der Waals surface area contributed by atoms with Crippen LogP contribution in [0.4, 0.5) is 5.69 Å². The monoisotopic (exact) mass is 245 g/mol. The summed E-state index contributed by atoms with van der Waals surface area (Å²) in [6.07, 6.45) is 1.77. The number of nitrogens with zero attached hydrogens (tertiary/aromatic N) is 3. The molecule has 0 bridgehead atoms. The van der Waals surface area contributed by atoms with Gasteiger partial charge in [0.05, 0.1) is 16.9 Å². The Labute approximate surface area is 105 Å². The summed E-state index contributed by atoms with van der Waals surface area (Å²) < 4.78 is 2.00. The summed E-state index contributed by atoms with van der Waals surface area (Å²) in [5.41, 5.74) is 3.90. The van der Waals surface area contributed by atoms with Gasteiger partial charge in [0.25, 0.3) is 5.69 Å². The van der Waals surface area contributed by atoms with Gasteiger partial charge in [-0.2, -0.15) is 0 Å². The van der Waals surface area contributed by atoms with Gasteiger partial charge < -0.3 is 4.57 Å². The normalized spacial score (nSPS) is 10.6. The Bertz CT molecular complexity index is 602. The molecule has 5 heteroatoms. The van der Waals surface area contributed by atoms with Gasteiger partial charge in [-0.05, 0) is 26.3 Å². The van der Waals surface area contributed by atoms with E-state index in [1.165, 1.54) is 6.07 Å². The number of aryl methyl sites for hydroxylation is 1. The van der Waals surface area contributed by atoms with E-state index in [1.807, 2.05) is 24.5 Å². The number of imidazole rings is 1. The number of aromatic nitrogens is 2. The predicted octanol–water partition coefficient (Wildman–Crippen LogP) is 2.76. The fourth-order valence-corrected chi connectivity index (χ4v) is 1.93. The van der Waals surface area contributed by atoms with E-state index in [1.54, 1.807) is 19.3 Å². The Morgan fingerprint density at radius 3 is 2.61 bits per heavy atom. The Hall–Kier alpha value is -2.17. The molecule has 0 saturated carbocycles. The maximum absolute atomic E-state index is 10.9. The minimum atomic E-state index is -0.342. The fourth-order valence-electron chi connectivity index (χ4n) is 1.93. The van der Waals surface area contributed by atoms with Crippen LogP contribution in [0.1, 0.15) is 22.5 Å². The van der Waals surface area contributed by atoms with E-state index < -0.39 is 0 Å². The van der Waals surface area contributed by atoms with Crippen molar-refractivity contribution in [3.63, 3.8) is 0 Å². The molecule has 2 aromatic rings. The van der Waals surface area contributed by atoms with Crippen molar-refractivity contribution >= 4 is 5.69 Å². The SMILES string of the molecule is Cc1ncn(Cc2cccc([N+](=O)[O-])c2C)c1C. The van der Waals surface area contributed by atoms with Crippen LogP contribution < -0.4 is 0 Å². The summed E-state index contributed by atoms with van der Waals surface area (Å²) in [6.45, 7) is 6.34. The molecule has 1 heterocycles. The summed E-state index contributed by atoms with van der Waals surface area (Å²) in [5.74, 6) is 0. The molecule has 18 heavy (non-hydrogen) atoms. The van der Waals surface area contributed by atoms with Gasteiger partial charge in [-0.15, -0.1) is 0 Å². The quantitative estimate of drug-likeness (QED) is 0.617. The highest BCUT2D eigenvalue weighted by Crippen LogP contribution is 2.22. The minimum Gasteiger partial charge on any atom is -0.330 e. The van der Waals surface area contributed by atoms with Gasteiger partial charge in [-0.25, -0.2) is 4.98 Å². The van der Waals surface area contributed by atoms with E-state index in [0.717, 1.165) is 17.0 Å². The first-order valence-electron chi connectivity index (χ1n) is 5.72. The second kappa shape index (κ2) is 4.60. The molecule has 0 fully saturated rings. The summed E-state index contributed by atoms with van der Waals surface area (Å²) in [4.78, 5) is 14.8. The molecule has 5 nitrogen and oxygen atoms in total. The first-order chi connectivity index (χ1) is 8.50. The molecule has 0 aliphatic heterocycles. The lowest BCUT2D eigenvalue weighted by molar-refractivity contribution is -0.385. The van der Waals surface area contributed by atoms with Gasteiger partial charge in [-0.1, -0.05) is 12.1 Å². The van der Waals surface area contributed by atoms with Crippen LogP contribution in [-0.4, -0.2) is 14.5 Å². The standard InChI is InChI=1S/C13H15N3O2/c1-9-12(5-4-6-13(9)16(17)18)7-15-8-14-10(2)11(15)3/h4-6,8H,7H2,1-3H3. The molecule has 0 radical (unpaired) electrons. The number of nitro groups is 1. The largest absolute Gasteiger partial charge is 0.330 e. The molecule has 0 N–H and O–H groups in total.